The Balaban J connectivity index is 1.58. The molecule has 4 rings (SSSR count). The highest BCUT2D eigenvalue weighted by molar-refractivity contribution is 5.75. The van der Waals surface area contributed by atoms with E-state index in [2.05, 4.69) is 53.7 Å². The lowest BCUT2D eigenvalue weighted by Crippen LogP contribution is -2.08. The van der Waals surface area contributed by atoms with Crippen LogP contribution in [0.3, 0.4) is 0 Å². The predicted molar refractivity (Wildman–Crippen MR) is 100 cm³/mol. The van der Waals surface area contributed by atoms with Gasteiger partial charge in [0.05, 0.1) is 5.69 Å². The van der Waals surface area contributed by atoms with Crippen molar-refractivity contribution in [2.45, 2.75) is 26.7 Å². The first-order valence-electron chi connectivity index (χ1n) is 8.52. The number of benzene rings is 1. The maximum atomic E-state index is 5.80. The molecule has 3 heterocycles. The molecule has 0 fully saturated rings. The van der Waals surface area contributed by atoms with Gasteiger partial charge in [-0.2, -0.15) is 4.98 Å². The standard InChI is InChI=1S/C20H22N4O/c1-13-9-10-24-14(2)16(21-19(24)11-13)7-5-15-6-8-17-18(12-15)25-20(22-17)23(3)4/h6,8-12H,5,7H2,1-4H3. The maximum Gasteiger partial charge on any atom is 0.297 e. The fourth-order valence-corrected chi connectivity index (χ4v) is 3.12. The van der Waals surface area contributed by atoms with E-state index in [-0.39, 0.29) is 0 Å². The smallest absolute Gasteiger partial charge is 0.297 e. The highest BCUT2D eigenvalue weighted by atomic mass is 16.4. The van der Waals surface area contributed by atoms with Crippen molar-refractivity contribution in [3.8, 4) is 0 Å². The molecular weight excluding hydrogens is 312 g/mol. The van der Waals surface area contributed by atoms with Crippen molar-refractivity contribution in [2.24, 2.45) is 0 Å². The molecule has 0 aliphatic carbocycles. The van der Waals surface area contributed by atoms with E-state index in [9.17, 15) is 0 Å². The van der Waals surface area contributed by atoms with Crippen molar-refractivity contribution >= 4 is 22.8 Å². The average Bonchev–Trinajstić information content (AvgIpc) is 3.14. The lowest BCUT2D eigenvalue weighted by molar-refractivity contribution is 0.596. The molecule has 0 atom stereocenters. The van der Waals surface area contributed by atoms with Crippen molar-refractivity contribution in [1.29, 1.82) is 0 Å². The Morgan fingerprint density at radius 3 is 2.68 bits per heavy atom. The van der Waals surface area contributed by atoms with Crippen LogP contribution in [0, 0.1) is 13.8 Å². The summed E-state index contributed by atoms with van der Waals surface area (Å²) in [6.07, 6.45) is 3.93. The molecule has 0 aliphatic rings. The molecule has 0 unspecified atom stereocenters. The summed E-state index contributed by atoms with van der Waals surface area (Å²) in [5, 5.41) is 0. The van der Waals surface area contributed by atoms with E-state index >= 15 is 0 Å². The molecule has 4 aromatic rings. The summed E-state index contributed by atoms with van der Waals surface area (Å²) in [6, 6.07) is 11.1. The number of aromatic nitrogens is 3. The van der Waals surface area contributed by atoms with Gasteiger partial charge in [-0.1, -0.05) is 6.07 Å². The van der Waals surface area contributed by atoms with E-state index in [0.717, 1.165) is 35.3 Å². The van der Waals surface area contributed by atoms with Crippen LogP contribution in [-0.4, -0.2) is 28.5 Å². The van der Waals surface area contributed by atoms with Crippen LogP contribution in [0.2, 0.25) is 0 Å². The zero-order valence-corrected chi connectivity index (χ0v) is 15.1. The number of hydrogen-bond acceptors (Lipinski definition) is 4. The first kappa shape index (κ1) is 15.7. The third-order valence-corrected chi connectivity index (χ3v) is 4.59. The van der Waals surface area contributed by atoms with Gasteiger partial charge >= 0.3 is 0 Å². The maximum absolute atomic E-state index is 5.80. The molecular formula is C20H22N4O. The Bertz CT molecular complexity index is 1060. The fourth-order valence-electron chi connectivity index (χ4n) is 3.12. The molecule has 0 aliphatic heterocycles. The molecule has 0 radical (unpaired) electrons. The van der Waals surface area contributed by atoms with Crippen LogP contribution in [0.4, 0.5) is 6.01 Å². The Kier molecular flexibility index (Phi) is 3.71. The minimum absolute atomic E-state index is 0.638. The van der Waals surface area contributed by atoms with Crippen molar-refractivity contribution < 1.29 is 4.42 Å². The highest BCUT2D eigenvalue weighted by Crippen LogP contribution is 2.23. The summed E-state index contributed by atoms with van der Waals surface area (Å²) in [7, 11) is 3.86. The van der Waals surface area contributed by atoms with Crippen molar-refractivity contribution in [3.63, 3.8) is 0 Å². The number of hydrogen-bond donors (Lipinski definition) is 0. The number of pyridine rings is 1. The van der Waals surface area contributed by atoms with Gasteiger partial charge in [0, 0.05) is 26.0 Å². The van der Waals surface area contributed by atoms with Gasteiger partial charge in [-0.15, -0.1) is 0 Å². The van der Waals surface area contributed by atoms with Gasteiger partial charge in [-0.3, -0.25) is 0 Å². The minimum atomic E-state index is 0.638. The predicted octanol–water partition coefficient (Wildman–Crippen LogP) is 3.94. The third-order valence-electron chi connectivity index (χ3n) is 4.59. The molecule has 3 aromatic heterocycles. The van der Waals surface area contributed by atoms with Gasteiger partial charge in [0.1, 0.15) is 11.2 Å². The number of fused-ring (bicyclic) bond motifs is 2. The minimum Gasteiger partial charge on any atom is -0.423 e. The van der Waals surface area contributed by atoms with Crippen LogP contribution in [0.25, 0.3) is 16.7 Å². The van der Waals surface area contributed by atoms with Gasteiger partial charge in [0.15, 0.2) is 5.58 Å². The second-order valence-electron chi connectivity index (χ2n) is 6.77. The molecule has 0 saturated carbocycles. The van der Waals surface area contributed by atoms with Crippen LogP contribution in [-0.2, 0) is 12.8 Å². The van der Waals surface area contributed by atoms with Crippen molar-refractivity contribution in [1.82, 2.24) is 14.4 Å². The molecule has 0 amide bonds. The molecule has 0 bridgehead atoms. The van der Waals surface area contributed by atoms with Gasteiger partial charge in [0.2, 0.25) is 0 Å². The number of aryl methyl sites for hydroxylation is 4. The summed E-state index contributed by atoms with van der Waals surface area (Å²) >= 11 is 0. The SMILES string of the molecule is Cc1ccn2c(C)c(CCc3ccc4nc(N(C)C)oc4c3)nc2c1. The summed E-state index contributed by atoms with van der Waals surface area (Å²) in [5.41, 5.74) is 7.59. The van der Waals surface area contributed by atoms with E-state index in [4.69, 9.17) is 9.40 Å². The fraction of sp³-hybridized carbons (Fsp3) is 0.300. The average molecular weight is 334 g/mol. The van der Waals surface area contributed by atoms with Crippen LogP contribution in [0.5, 0.6) is 0 Å². The summed E-state index contributed by atoms with van der Waals surface area (Å²) in [5.74, 6) is 0. The highest BCUT2D eigenvalue weighted by Gasteiger charge is 2.11. The molecule has 128 valence electrons. The van der Waals surface area contributed by atoms with E-state index in [1.807, 2.05) is 25.1 Å². The first-order valence-corrected chi connectivity index (χ1v) is 8.52. The quantitative estimate of drug-likeness (QED) is 0.567. The third kappa shape index (κ3) is 2.86. The number of imidazole rings is 1. The number of oxazole rings is 1. The van der Waals surface area contributed by atoms with E-state index in [1.165, 1.54) is 16.8 Å². The van der Waals surface area contributed by atoms with Gasteiger partial charge < -0.3 is 13.7 Å². The van der Waals surface area contributed by atoms with E-state index in [0.29, 0.717) is 6.01 Å². The van der Waals surface area contributed by atoms with Crippen molar-refractivity contribution in [3.05, 3.63) is 59.0 Å². The van der Waals surface area contributed by atoms with Gasteiger partial charge in [-0.25, -0.2) is 4.98 Å². The largest absolute Gasteiger partial charge is 0.423 e. The summed E-state index contributed by atoms with van der Waals surface area (Å²) < 4.78 is 7.96. The van der Waals surface area contributed by atoms with Gasteiger partial charge in [-0.05, 0) is 62.1 Å². The Hall–Kier alpha value is -2.82. The van der Waals surface area contributed by atoms with Crippen LogP contribution in [0.15, 0.2) is 40.9 Å². The number of rotatable bonds is 4. The van der Waals surface area contributed by atoms with Gasteiger partial charge in [0.25, 0.3) is 6.01 Å². The Morgan fingerprint density at radius 2 is 1.88 bits per heavy atom. The number of anilines is 1. The normalized spacial score (nSPS) is 11.5. The molecule has 0 spiro atoms. The number of nitrogens with zero attached hydrogens (tertiary/aromatic N) is 4. The molecule has 0 N–H and O–H groups in total. The van der Waals surface area contributed by atoms with E-state index < -0.39 is 0 Å². The lowest BCUT2D eigenvalue weighted by atomic mass is 10.1. The lowest BCUT2D eigenvalue weighted by Gasteiger charge is -2.03. The second kappa shape index (κ2) is 5.92. The van der Waals surface area contributed by atoms with E-state index in [1.54, 1.807) is 0 Å². The zero-order valence-electron chi connectivity index (χ0n) is 15.1. The molecule has 1 aromatic carbocycles. The van der Waals surface area contributed by atoms with Crippen LogP contribution >= 0.6 is 0 Å². The molecule has 5 nitrogen and oxygen atoms in total. The van der Waals surface area contributed by atoms with Crippen LogP contribution in [0.1, 0.15) is 22.5 Å². The topological polar surface area (TPSA) is 46.6 Å². The first-order chi connectivity index (χ1) is 12.0. The molecule has 25 heavy (non-hydrogen) atoms. The van der Waals surface area contributed by atoms with Crippen molar-refractivity contribution in [2.75, 3.05) is 19.0 Å². The summed E-state index contributed by atoms with van der Waals surface area (Å²) in [6.45, 7) is 4.23. The summed E-state index contributed by atoms with van der Waals surface area (Å²) in [4.78, 5) is 11.1. The monoisotopic (exact) mass is 334 g/mol. The zero-order chi connectivity index (χ0) is 17.6. The van der Waals surface area contributed by atoms with Crippen LogP contribution < -0.4 is 4.90 Å². The molecule has 0 saturated heterocycles. The Labute approximate surface area is 146 Å². The Morgan fingerprint density at radius 1 is 1.04 bits per heavy atom. The second-order valence-corrected chi connectivity index (χ2v) is 6.77. The molecule has 5 heteroatoms.